The lowest BCUT2D eigenvalue weighted by atomic mass is 10.2. The van der Waals surface area contributed by atoms with Crippen LogP contribution in [0.15, 0.2) is 27.7 Å². The Morgan fingerprint density at radius 1 is 1.31 bits per heavy atom. The molecule has 0 aromatic carbocycles. The second-order valence-electron chi connectivity index (χ2n) is 6.66. The molecule has 138 valence electrons. The molecule has 26 heavy (non-hydrogen) atoms. The summed E-state index contributed by atoms with van der Waals surface area (Å²) in [5, 5.41) is 3.73. The van der Waals surface area contributed by atoms with Crippen LogP contribution < -0.4 is 4.72 Å². The Balaban J connectivity index is 1.68. The average molecular weight is 375 g/mol. The Kier molecular flexibility index (Phi) is 4.28. The molecule has 3 aromatic rings. The second kappa shape index (κ2) is 6.48. The van der Waals surface area contributed by atoms with Crippen molar-refractivity contribution >= 4 is 21.2 Å². The summed E-state index contributed by atoms with van der Waals surface area (Å²) in [5.74, 6) is 0.960. The lowest BCUT2D eigenvalue weighted by Crippen LogP contribution is -2.26. The van der Waals surface area contributed by atoms with E-state index in [1.807, 2.05) is 12.1 Å². The van der Waals surface area contributed by atoms with Crippen LogP contribution in [0.3, 0.4) is 0 Å². The summed E-state index contributed by atoms with van der Waals surface area (Å²) < 4.78 is 35.1. The van der Waals surface area contributed by atoms with Gasteiger partial charge in [-0.25, -0.2) is 23.1 Å². The fourth-order valence-corrected chi connectivity index (χ4v) is 5.04. The molecule has 0 spiro atoms. The number of hydrogen-bond donors (Lipinski definition) is 1. The van der Waals surface area contributed by atoms with Crippen molar-refractivity contribution in [2.24, 2.45) is 0 Å². The van der Waals surface area contributed by atoms with Crippen LogP contribution in [0.5, 0.6) is 0 Å². The highest BCUT2D eigenvalue weighted by atomic mass is 32.2. The maximum absolute atomic E-state index is 12.7. The van der Waals surface area contributed by atoms with E-state index in [1.165, 1.54) is 12.8 Å². The van der Waals surface area contributed by atoms with Crippen molar-refractivity contribution in [2.75, 3.05) is 0 Å². The zero-order valence-corrected chi connectivity index (χ0v) is 15.6. The minimum absolute atomic E-state index is 0.0964. The highest BCUT2D eigenvalue weighted by Gasteiger charge is 2.27. The van der Waals surface area contributed by atoms with Crippen molar-refractivity contribution < 1.29 is 12.9 Å². The van der Waals surface area contributed by atoms with Gasteiger partial charge in [-0.05, 0) is 38.8 Å². The van der Waals surface area contributed by atoms with E-state index in [0.29, 0.717) is 17.6 Å². The molecule has 1 saturated carbocycles. The molecule has 0 unspecified atom stereocenters. The molecule has 3 aromatic heterocycles. The molecule has 1 fully saturated rings. The Morgan fingerprint density at radius 2 is 2.08 bits per heavy atom. The van der Waals surface area contributed by atoms with Gasteiger partial charge in [-0.3, -0.25) is 0 Å². The van der Waals surface area contributed by atoms with Gasteiger partial charge in [0.15, 0.2) is 11.4 Å². The van der Waals surface area contributed by atoms with Gasteiger partial charge in [0, 0.05) is 12.2 Å². The number of nitrogens with one attached hydrogen (secondary N) is 1. The van der Waals surface area contributed by atoms with E-state index in [-0.39, 0.29) is 17.2 Å². The molecule has 0 bridgehead atoms. The number of imidazole rings is 1. The summed E-state index contributed by atoms with van der Waals surface area (Å²) in [5.41, 5.74) is 1.94. The number of aryl methyl sites for hydroxylation is 2. The highest BCUT2D eigenvalue weighted by Crippen LogP contribution is 2.33. The Morgan fingerprint density at radius 3 is 2.77 bits per heavy atom. The number of sulfonamides is 1. The van der Waals surface area contributed by atoms with Crippen molar-refractivity contribution in [2.45, 2.75) is 57.0 Å². The summed E-state index contributed by atoms with van der Waals surface area (Å²) >= 11 is 0. The lowest BCUT2D eigenvalue weighted by Gasteiger charge is -2.16. The van der Waals surface area contributed by atoms with E-state index in [9.17, 15) is 8.42 Å². The van der Waals surface area contributed by atoms with Crippen LogP contribution in [-0.4, -0.2) is 28.1 Å². The zero-order chi connectivity index (χ0) is 18.3. The Labute approximate surface area is 151 Å². The summed E-state index contributed by atoms with van der Waals surface area (Å²) in [7, 11) is -3.73. The zero-order valence-electron chi connectivity index (χ0n) is 14.8. The van der Waals surface area contributed by atoms with Crippen LogP contribution in [0.2, 0.25) is 0 Å². The molecule has 9 heteroatoms. The van der Waals surface area contributed by atoms with E-state index in [4.69, 9.17) is 4.52 Å². The monoisotopic (exact) mass is 375 g/mol. The van der Waals surface area contributed by atoms with Gasteiger partial charge in [-0.15, -0.1) is 0 Å². The fourth-order valence-electron chi connectivity index (χ4n) is 3.74. The van der Waals surface area contributed by atoms with Gasteiger partial charge in [0.2, 0.25) is 10.0 Å². The van der Waals surface area contributed by atoms with Gasteiger partial charge in [-0.2, -0.15) is 0 Å². The molecule has 0 atom stereocenters. The first kappa shape index (κ1) is 17.2. The molecule has 8 nitrogen and oxygen atoms in total. The number of rotatable bonds is 5. The summed E-state index contributed by atoms with van der Waals surface area (Å²) in [4.78, 5) is 9.18. The molecular formula is C17H21N5O3S. The number of nitrogens with zero attached hydrogens (tertiary/aromatic N) is 4. The molecule has 0 amide bonds. The number of hydrogen-bond acceptors (Lipinski definition) is 6. The minimum atomic E-state index is -3.73. The van der Waals surface area contributed by atoms with Crippen molar-refractivity contribution in [1.29, 1.82) is 0 Å². The Hall–Kier alpha value is -2.26. The number of aromatic nitrogens is 4. The van der Waals surface area contributed by atoms with Crippen LogP contribution in [0.25, 0.3) is 11.2 Å². The first-order valence-electron chi connectivity index (χ1n) is 8.72. The predicted octanol–water partition coefficient (Wildman–Crippen LogP) is 2.63. The molecule has 0 aliphatic heterocycles. The van der Waals surface area contributed by atoms with Crippen LogP contribution in [0.1, 0.15) is 49.0 Å². The lowest BCUT2D eigenvalue weighted by molar-refractivity contribution is 0.390. The van der Waals surface area contributed by atoms with Crippen LogP contribution in [0, 0.1) is 13.8 Å². The SMILES string of the molecule is Cc1noc(C)c1S(=O)(=O)NCc1nc2cccnc2n1C1CCCC1. The van der Waals surface area contributed by atoms with Gasteiger partial charge in [0.1, 0.15) is 21.9 Å². The molecule has 3 heterocycles. The minimum Gasteiger partial charge on any atom is -0.360 e. The van der Waals surface area contributed by atoms with E-state index < -0.39 is 10.0 Å². The normalized spacial score (nSPS) is 15.9. The van der Waals surface area contributed by atoms with Crippen LogP contribution in [0.4, 0.5) is 0 Å². The molecule has 0 saturated heterocycles. The van der Waals surface area contributed by atoms with E-state index in [2.05, 4.69) is 24.4 Å². The van der Waals surface area contributed by atoms with Crippen LogP contribution in [-0.2, 0) is 16.6 Å². The first-order valence-corrected chi connectivity index (χ1v) is 10.2. The summed E-state index contributed by atoms with van der Waals surface area (Å²) in [6.45, 7) is 3.30. The third-order valence-corrected chi connectivity index (χ3v) is 6.51. The average Bonchev–Trinajstić information content (AvgIpc) is 3.31. The van der Waals surface area contributed by atoms with E-state index >= 15 is 0 Å². The maximum Gasteiger partial charge on any atom is 0.246 e. The smallest absolute Gasteiger partial charge is 0.246 e. The molecule has 1 aliphatic carbocycles. The Bertz CT molecular complexity index is 1030. The summed E-state index contributed by atoms with van der Waals surface area (Å²) in [6.07, 6.45) is 6.20. The van der Waals surface area contributed by atoms with E-state index in [0.717, 1.165) is 24.0 Å². The number of pyridine rings is 1. The number of fused-ring (bicyclic) bond motifs is 1. The van der Waals surface area contributed by atoms with Crippen molar-refractivity contribution in [3.8, 4) is 0 Å². The quantitative estimate of drug-likeness (QED) is 0.735. The predicted molar refractivity (Wildman–Crippen MR) is 95.0 cm³/mol. The van der Waals surface area contributed by atoms with Gasteiger partial charge in [-0.1, -0.05) is 18.0 Å². The maximum atomic E-state index is 12.7. The van der Waals surface area contributed by atoms with Gasteiger partial charge >= 0.3 is 0 Å². The topological polar surface area (TPSA) is 103 Å². The van der Waals surface area contributed by atoms with Gasteiger partial charge in [0.05, 0.1) is 6.54 Å². The second-order valence-corrected chi connectivity index (χ2v) is 8.36. The third kappa shape index (κ3) is 2.90. The first-order chi connectivity index (χ1) is 12.5. The highest BCUT2D eigenvalue weighted by molar-refractivity contribution is 7.89. The van der Waals surface area contributed by atoms with E-state index in [1.54, 1.807) is 20.0 Å². The third-order valence-electron chi connectivity index (χ3n) is 4.87. The van der Waals surface area contributed by atoms with Crippen molar-refractivity contribution in [3.05, 3.63) is 35.6 Å². The molecule has 4 rings (SSSR count). The van der Waals surface area contributed by atoms with Crippen molar-refractivity contribution in [3.63, 3.8) is 0 Å². The van der Waals surface area contributed by atoms with Gasteiger partial charge < -0.3 is 9.09 Å². The van der Waals surface area contributed by atoms with Crippen LogP contribution >= 0.6 is 0 Å². The fraction of sp³-hybridized carbons (Fsp3) is 0.471. The van der Waals surface area contributed by atoms with Crippen molar-refractivity contribution in [1.82, 2.24) is 24.4 Å². The molecule has 0 radical (unpaired) electrons. The standard InChI is InChI=1S/C17H21N5O3S/c1-11-16(12(2)25-21-11)26(23,24)19-10-15-20-14-8-5-9-18-17(14)22(15)13-6-3-4-7-13/h5,8-9,13,19H,3-4,6-7,10H2,1-2H3. The molecule has 1 aliphatic rings. The van der Waals surface area contributed by atoms with Gasteiger partial charge in [0.25, 0.3) is 0 Å². The largest absolute Gasteiger partial charge is 0.360 e. The molecule has 1 N–H and O–H groups in total. The molecular weight excluding hydrogens is 354 g/mol. The summed E-state index contributed by atoms with van der Waals surface area (Å²) in [6, 6.07) is 4.06.